The van der Waals surface area contributed by atoms with Gasteiger partial charge in [-0.05, 0) is 26.5 Å². The third-order valence-electron chi connectivity index (χ3n) is 3.35. The van der Waals surface area contributed by atoms with Gasteiger partial charge in [0.05, 0.1) is 24.3 Å². The zero-order valence-corrected chi connectivity index (χ0v) is 13.9. The third kappa shape index (κ3) is 4.08. The molecular formula is C14H21N3O4S. The van der Waals surface area contributed by atoms with E-state index in [1.807, 2.05) is 20.1 Å². The first kappa shape index (κ1) is 17.0. The molecule has 0 saturated carbocycles. The lowest BCUT2D eigenvalue weighted by Crippen LogP contribution is -2.40. The Balaban J connectivity index is 2.06. The number of thioether (sulfide) groups is 1. The summed E-state index contributed by atoms with van der Waals surface area (Å²) in [6, 6.07) is 0. The molecule has 0 spiro atoms. The van der Waals surface area contributed by atoms with Gasteiger partial charge in [0, 0.05) is 12.8 Å². The molecule has 2 heterocycles. The molecule has 0 saturated heterocycles. The van der Waals surface area contributed by atoms with Gasteiger partial charge in [-0.3, -0.25) is 4.90 Å². The van der Waals surface area contributed by atoms with Crippen molar-refractivity contribution in [2.24, 2.45) is 0 Å². The zero-order chi connectivity index (χ0) is 16.2. The number of carbonyl (C=O) groups is 1. The summed E-state index contributed by atoms with van der Waals surface area (Å²) in [5, 5.41) is 9.61. The molecule has 122 valence electrons. The van der Waals surface area contributed by atoms with E-state index in [4.69, 9.17) is 14.6 Å². The van der Waals surface area contributed by atoms with E-state index in [0.29, 0.717) is 30.5 Å². The van der Waals surface area contributed by atoms with Gasteiger partial charge in [0.2, 0.25) is 0 Å². The van der Waals surface area contributed by atoms with E-state index in [9.17, 15) is 4.79 Å². The van der Waals surface area contributed by atoms with Gasteiger partial charge in [-0.15, -0.1) is 0 Å². The molecule has 0 atom stereocenters. The number of anilines is 1. The number of carbonyl (C=O) groups excluding carboxylic acids is 1. The first-order chi connectivity index (χ1) is 10.5. The summed E-state index contributed by atoms with van der Waals surface area (Å²) in [6.45, 7) is 4.73. The average molecular weight is 327 g/mol. The van der Waals surface area contributed by atoms with Crippen molar-refractivity contribution in [3.05, 3.63) is 11.8 Å². The minimum Gasteiger partial charge on any atom is -0.444 e. The summed E-state index contributed by atoms with van der Waals surface area (Å²) in [4.78, 5) is 22.0. The van der Waals surface area contributed by atoms with Crippen LogP contribution in [-0.4, -0.2) is 52.8 Å². The van der Waals surface area contributed by atoms with Gasteiger partial charge in [0.1, 0.15) is 12.4 Å². The van der Waals surface area contributed by atoms with Crippen LogP contribution in [0.3, 0.4) is 0 Å². The average Bonchev–Trinajstić information content (AvgIpc) is 2.48. The van der Waals surface area contributed by atoms with E-state index in [0.717, 1.165) is 5.56 Å². The van der Waals surface area contributed by atoms with Crippen LogP contribution in [0.5, 0.6) is 0 Å². The van der Waals surface area contributed by atoms with Crippen LogP contribution in [0.25, 0.3) is 0 Å². The van der Waals surface area contributed by atoms with Crippen molar-refractivity contribution in [3.8, 4) is 0 Å². The lowest BCUT2D eigenvalue weighted by Gasteiger charge is -2.30. The Kier molecular flexibility index (Phi) is 5.60. The summed E-state index contributed by atoms with van der Waals surface area (Å²) in [5.74, 6) is 0.583. The predicted molar refractivity (Wildman–Crippen MR) is 83.1 cm³/mol. The van der Waals surface area contributed by atoms with E-state index in [1.54, 1.807) is 6.20 Å². The fourth-order valence-electron chi connectivity index (χ4n) is 2.07. The summed E-state index contributed by atoms with van der Waals surface area (Å²) in [7, 11) is 0. The van der Waals surface area contributed by atoms with Crippen LogP contribution in [0.15, 0.2) is 11.4 Å². The molecule has 0 radical (unpaired) electrons. The van der Waals surface area contributed by atoms with Crippen LogP contribution in [0.4, 0.5) is 10.6 Å². The molecule has 8 heteroatoms. The first-order valence-corrected chi connectivity index (χ1v) is 8.28. The van der Waals surface area contributed by atoms with Gasteiger partial charge in [0.15, 0.2) is 5.16 Å². The molecule has 1 aliphatic rings. The number of fused-ring (bicyclic) bond motifs is 1. The molecule has 0 aromatic carbocycles. The number of aliphatic hydroxyl groups is 1. The Labute approximate surface area is 134 Å². The van der Waals surface area contributed by atoms with Gasteiger partial charge in [-0.2, -0.15) is 0 Å². The highest BCUT2D eigenvalue weighted by Gasteiger charge is 2.28. The second kappa shape index (κ2) is 7.26. The molecule has 1 N–H and O–H groups in total. The van der Waals surface area contributed by atoms with Gasteiger partial charge in [-0.1, -0.05) is 11.8 Å². The van der Waals surface area contributed by atoms with Crippen LogP contribution in [0, 0.1) is 0 Å². The third-order valence-corrected chi connectivity index (χ3v) is 3.91. The van der Waals surface area contributed by atoms with E-state index < -0.39 is 11.7 Å². The molecule has 2 rings (SSSR count). The van der Waals surface area contributed by atoms with Gasteiger partial charge < -0.3 is 14.6 Å². The maximum Gasteiger partial charge on any atom is 0.415 e. The zero-order valence-electron chi connectivity index (χ0n) is 13.0. The lowest BCUT2D eigenvalue weighted by molar-refractivity contribution is -0.0292. The van der Waals surface area contributed by atoms with Crippen molar-refractivity contribution in [1.29, 1.82) is 0 Å². The Morgan fingerprint density at radius 2 is 2.32 bits per heavy atom. The monoisotopic (exact) mass is 327 g/mol. The highest BCUT2D eigenvalue weighted by atomic mass is 32.2. The number of ether oxygens (including phenoxy) is 2. The van der Waals surface area contributed by atoms with Crippen molar-refractivity contribution in [2.75, 3.05) is 30.9 Å². The van der Waals surface area contributed by atoms with Crippen LogP contribution in [0.1, 0.15) is 25.8 Å². The fourth-order valence-corrected chi connectivity index (χ4v) is 2.41. The molecule has 0 unspecified atom stereocenters. The van der Waals surface area contributed by atoms with Crippen molar-refractivity contribution in [3.63, 3.8) is 0 Å². The SMILES string of the molecule is CSc1ncc2c(n1)N(CCOC(C)(C)CCO)C(=O)OC2. The summed E-state index contributed by atoms with van der Waals surface area (Å²) >= 11 is 1.42. The Morgan fingerprint density at radius 1 is 1.55 bits per heavy atom. The maximum absolute atomic E-state index is 12.0. The van der Waals surface area contributed by atoms with Crippen LogP contribution in [-0.2, 0) is 16.1 Å². The predicted octanol–water partition coefficient (Wildman–Crippen LogP) is 1.83. The summed E-state index contributed by atoms with van der Waals surface area (Å²) in [6.07, 6.45) is 3.67. The quantitative estimate of drug-likeness (QED) is 0.604. The van der Waals surface area contributed by atoms with E-state index >= 15 is 0 Å². The standard InChI is InChI=1S/C14H21N3O4S/c1-14(2,4-6-18)21-7-5-17-11-10(9-20-13(17)19)8-15-12(16-11)22-3/h8,18H,4-7,9H2,1-3H3. The first-order valence-electron chi connectivity index (χ1n) is 7.06. The smallest absolute Gasteiger partial charge is 0.415 e. The molecule has 22 heavy (non-hydrogen) atoms. The number of hydrogen-bond acceptors (Lipinski definition) is 7. The molecule has 1 aromatic heterocycles. The topological polar surface area (TPSA) is 84.8 Å². The number of cyclic esters (lactones) is 1. The molecule has 7 nitrogen and oxygen atoms in total. The second-order valence-electron chi connectivity index (χ2n) is 5.49. The summed E-state index contributed by atoms with van der Waals surface area (Å²) in [5.41, 5.74) is 0.347. The van der Waals surface area contributed by atoms with Crippen LogP contribution < -0.4 is 4.90 Å². The van der Waals surface area contributed by atoms with Crippen LogP contribution in [0.2, 0.25) is 0 Å². The molecular weight excluding hydrogens is 306 g/mol. The van der Waals surface area contributed by atoms with Gasteiger partial charge in [-0.25, -0.2) is 14.8 Å². The Bertz CT molecular complexity index is 539. The van der Waals surface area contributed by atoms with E-state index in [-0.39, 0.29) is 13.2 Å². The highest BCUT2D eigenvalue weighted by molar-refractivity contribution is 7.98. The lowest BCUT2D eigenvalue weighted by atomic mass is 10.1. The van der Waals surface area contributed by atoms with Gasteiger partial charge >= 0.3 is 6.09 Å². The minimum absolute atomic E-state index is 0.0614. The molecule has 1 amide bonds. The van der Waals surface area contributed by atoms with E-state index in [1.165, 1.54) is 16.7 Å². The Morgan fingerprint density at radius 3 is 3.00 bits per heavy atom. The normalized spacial score (nSPS) is 14.7. The number of amides is 1. The van der Waals surface area contributed by atoms with Crippen molar-refractivity contribution >= 4 is 23.7 Å². The number of hydrogen-bond donors (Lipinski definition) is 1. The number of aromatic nitrogens is 2. The molecule has 0 aliphatic carbocycles. The fraction of sp³-hybridized carbons (Fsp3) is 0.643. The molecule has 1 aromatic rings. The number of rotatable bonds is 7. The van der Waals surface area contributed by atoms with Crippen LogP contribution >= 0.6 is 11.8 Å². The number of aliphatic hydroxyl groups excluding tert-OH is 1. The maximum atomic E-state index is 12.0. The van der Waals surface area contributed by atoms with Crippen molar-refractivity contribution in [2.45, 2.75) is 37.6 Å². The van der Waals surface area contributed by atoms with E-state index in [2.05, 4.69) is 9.97 Å². The second-order valence-corrected chi connectivity index (χ2v) is 6.27. The molecule has 1 aliphatic heterocycles. The summed E-state index contributed by atoms with van der Waals surface area (Å²) < 4.78 is 10.9. The minimum atomic E-state index is -0.437. The largest absolute Gasteiger partial charge is 0.444 e. The van der Waals surface area contributed by atoms with Crippen molar-refractivity contribution < 1.29 is 19.4 Å². The molecule has 0 bridgehead atoms. The Hall–Kier alpha value is -1.38. The van der Waals surface area contributed by atoms with Crippen molar-refractivity contribution in [1.82, 2.24) is 9.97 Å². The van der Waals surface area contributed by atoms with Gasteiger partial charge in [0.25, 0.3) is 0 Å². The number of nitrogens with zero attached hydrogens (tertiary/aromatic N) is 3. The highest BCUT2D eigenvalue weighted by Crippen LogP contribution is 2.26. The molecule has 0 fully saturated rings.